The standard InChI is InChI=1S/C6H8N4/c1-3-5(9-10-7)6-4(2)8-6/h3-4H,1-2H3/b5-3+. The maximum Gasteiger partial charge on any atom is 0.0896 e. The molecule has 1 unspecified atom stereocenters. The number of allylic oxidation sites excluding steroid dienone is 1. The van der Waals surface area contributed by atoms with Gasteiger partial charge < -0.3 is 0 Å². The quantitative estimate of drug-likeness (QED) is 0.317. The first-order valence-corrected chi connectivity index (χ1v) is 3.09. The second-order valence-corrected chi connectivity index (χ2v) is 2.05. The van der Waals surface area contributed by atoms with Crippen molar-refractivity contribution in [2.75, 3.05) is 0 Å². The average molecular weight is 136 g/mol. The van der Waals surface area contributed by atoms with Crippen LogP contribution in [0.15, 0.2) is 21.9 Å². The highest BCUT2D eigenvalue weighted by Gasteiger charge is 2.24. The number of hydrogen-bond donors (Lipinski definition) is 0. The van der Waals surface area contributed by atoms with Gasteiger partial charge in [-0.2, -0.15) is 0 Å². The second kappa shape index (κ2) is 2.54. The molecule has 0 aliphatic carbocycles. The Balaban J connectivity index is 2.69. The van der Waals surface area contributed by atoms with Crippen molar-refractivity contribution in [2.24, 2.45) is 10.1 Å². The summed E-state index contributed by atoms with van der Waals surface area (Å²) in [6.07, 6.45) is 1.77. The van der Waals surface area contributed by atoms with Gasteiger partial charge in [0.05, 0.1) is 17.5 Å². The van der Waals surface area contributed by atoms with E-state index in [1.165, 1.54) is 0 Å². The normalized spacial score (nSPS) is 23.2. The maximum atomic E-state index is 8.09. The van der Waals surface area contributed by atoms with Gasteiger partial charge in [0.15, 0.2) is 0 Å². The minimum atomic E-state index is 0.261. The summed E-state index contributed by atoms with van der Waals surface area (Å²) in [5.41, 5.74) is 9.67. The molecule has 0 aromatic carbocycles. The van der Waals surface area contributed by atoms with E-state index >= 15 is 0 Å². The van der Waals surface area contributed by atoms with Crippen molar-refractivity contribution in [1.29, 1.82) is 0 Å². The van der Waals surface area contributed by atoms with Gasteiger partial charge >= 0.3 is 0 Å². The van der Waals surface area contributed by atoms with Crippen molar-refractivity contribution >= 4 is 5.71 Å². The predicted octanol–water partition coefficient (Wildman–Crippen LogP) is 2.04. The van der Waals surface area contributed by atoms with Crippen molar-refractivity contribution in [3.05, 3.63) is 22.2 Å². The van der Waals surface area contributed by atoms with Crippen molar-refractivity contribution in [3.63, 3.8) is 0 Å². The number of hydrogen-bond acceptors (Lipinski definition) is 2. The summed E-state index contributed by atoms with van der Waals surface area (Å²) in [6.45, 7) is 3.79. The highest BCUT2D eigenvalue weighted by atomic mass is 15.2. The van der Waals surface area contributed by atoms with Gasteiger partial charge in [-0.15, -0.1) is 0 Å². The van der Waals surface area contributed by atoms with Crippen molar-refractivity contribution in [3.8, 4) is 0 Å². The summed E-state index contributed by atoms with van der Waals surface area (Å²) in [5.74, 6) is 0. The molecule has 0 N–H and O–H groups in total. The molecule has 0 spiro atoms. The van der Waals surface area contributed by atoms with Crippen LogP contribution in [-0.4, -0.2) is 11.8 Å². The fraction of sp³-hybridized carbons (Fsp3) is 0.500. The SMILES string of the molecule is C/C=C(/N=[N+]=[N-])C1=NC1C. The number of nitrogens with zero attached hydrogens (tertiary/aromatic N) is 4. The molecular weight excluding hydrogens is 128 g/mol. The van der Waals surface area contributed by atoms with E-state index in [1.54, 1.807) is 6.08 Å². The maximum absolute atomic E-state index is 8.09. The molecule has 0 aromatic rings. The highest BCUT2D eigenvalue weighted by Crippen LogP contribution is 2.19. The molecule has 0 bridgehead atoms. The van der Waals surface area contributed by atoms with Crippen LogP contribution in [0.3, 0.4) is 0 Å². The minimum absolute atomic E-state index is 0.261. The average Bonchev–Trinajstić information content (AvgIpc) is 2.62. The Morgan fingerprint density at radius 1 is 1.90 bits per heavy atom. The Bertz CT molecular complexity index is 244. The molecule has 0 aromatic heterocycles. The predicted molar refractivity (Wildman–Crippen MR) is 39.8 cm³/mol. The number of aliphatic imine (C=N–C) groups is 1. The van der Waals surface area contributed by atoms with Crippen LogP contribution in [-0.2, 0) is 0 Å². The summed E-state index contributed by atoms with van der Waals surface area (Å²) in [4.78, 5) is 6.71. The summed E-state index contributed by atoms with van der Waals surface area (Å²) in [5, 5.41) is 3.47. The molecule has 0 radical (unpaired) electrons. The van der Waals surface area contributed by atoms with E-state index in [4.69, 9.17) is 5.53 Å². The highest BCUT2D eigenvalue weighted by molar-refractivity contribution is 6.12. The Kier molecular flexibility index (Phi) is 1.73. The zero-order valence-corrected chi connectivity index (χ0v) is 5.94. The molecule has 10 heavy (non-hydrogen) atoms. The van der Waals surface area contributed by atoms with Crippen LogP contribution < -0.4 is 0 Å². The van der Waals surface area contributed by atoms with Crippen LogP contribution in [0.25, 0.3) is 10.4 Å². The van der Waals surface area contributed by atoms with E-state index in [-0.39, 0.29) is 6.04 Å². The molecular formula is C6H8N4. The molecule has 4 heteroatoms. The molecule has 0 fully saturated rings. The fourth-order valence-electron chi connectivity index (χ4n) is 0.757. The zero-order chi connectivity index (χ0) is 7.56. The summed E-state index contributed by atoms with van der Waals surface area (Å²) >= 11 is 0. The van der Waals surface area contributed by atoms with E-state index in [0.29, 0.717) is 5.70 Å². The lowest BCUT2D eigenvalue weighted by atomic mass is 10.2. The Labute approximate surface area is 58.9 Å². The molecule has 52 valence electrons. The Morgan fingerprint density at radius 2 is 2.50 bits per heavy atom. The van der Waals surface area contributed by atoms with Gasteiger partial charge in [0, 0.05) is 4.91 Å². The van der Waals surface area contributed by atoms with Crippen molar-refractivity contribution < 1.29 is 0 Å². The van der Waals surface area contributed by atoms with Crippen molar-refractivity contribution in [2.45, 2.75) is 19.9 Å². The second-order valence-electron chi connectivity index (χ2n) is 2.05. The lowest BCUT2D eigenvalue weighted by Crippen LogP contribution is -1.92. The topological polar surface area (TPSA) is 61.1 Å². The van der Waals surface area contributed by atoms with Crippen LogP contribution in [0, 0.1) is 0 Å². The van der Waals surface area contributed by atoms with Gasteiger partial charge in [0.25, 0.3) is 0 Å². The van der Waals surface area contributed by atoms with Gasteiger partial charge in [-0.3, -0.25) is 4.99 Å². The van der Waals surface area contributed by atoms with Crippen LogP contribution >= 0.6 is 0 Å². The molecule has 4 nitrogen and oxygen atoms in total. The van der Waals surface area contributed by atoms with E-state index in [1.807, 2.05) is 13.8 Å². The smallest absolute Gasteiger partial charge is 0.0896 e. The Morgan fingerprint density at radius 3 is 2.80 bits per heavy atom. The van der Waals surface area contributed by atoms with Gasteiger partial charge in [-0.1, -0.05) is 11.2 Å². The third kappa shape index (κ3) is 1.17. The minimum Gasteiger partial charge on any atom is -0.278 e. The molecule has 1 aliphatic heterocycles. The number of azide groups is 1. The molecule has 1 rings (SSSR count). The number of rotatable bonds is 2. The zero-order valence-electron chi connectivity index (χ0n) is 5.94. The molecule has 0 saturated carbocycles. The van der Waals surface area contributed by atoms with Crippen LogP contribution in [0.5, 0.6) is 0 Å². The lowest BCUT2D eigenvalue weighted by Gasteiger charge is -1.85. The molecule has 0 amide bonds. The van der Waals surface area contributed by atoms with E-state index in [2.05, 4.69) is 15.0 Å². The summed E-state index contributed by atoms with van der Waals surface area (Å²) in [6, 6.07) is 0.261. The third-order valence-corrected chi connectivity index (χ3v) is 1.35. The van der Waals surface area contributed by atoms with Crippen molar-refractivity contribution in [1.82, 2.24) is 0 Å². The Hall–Kier alpha value is -1.28. The largest absolute Gasteiger partial charge is 0.278 e. The molecule has 0 saturated heterocycles. The van der Waals surface area contributed by atoms with E-state index < -0.39 is 0 Å². The van der Waals surface area contributed by atoms with Gasteiger partial charge in [-0.25, -0.2) is 0 Å². The lowest BCUT2D eigenvalue weighted by molar-refractivity contribution is 1.14. The van der Waals surface area contributed by atoms with Crippen LogP contribution in [0.2, 0.25) is 0 Å². The molecule has 1 aliphatic rings. The third-order valence-electron chi connectivity index (χ3n) is 1.35. The summed E-state index contributed by atoms with van der Waals surface area (Å²) in [7, 11) is 0. The molecule has 1 heterocycles. The first-order chi connectivity index (χ1) is 4.79. The van der Waals surface area contributed by atoms with Gasteiger partial charge in [0.2, 0.25) is 0 Å². The van der Waals surface area contributed by atoms with Gasteiger partial charge in [0.1, 0.15) is 0 Å². The first-order valence-electron chi connectivity index (χ1n) is 3.09. The van der Waals surface area contributed by atoms with Crippen LogP contribution in [0.4, 0.5) is 0 Å². The molecule has 1 atom stereocenters. The first kappa shape index (κ1) is 6.83. The fourth-order valence-corrected chi connectivity index (χ4v) is 0.757. The van der Waals surface area contributed by atoms with Crippen LogP contribution in [0.1, 0.15) is 13.8 Å². The van der Waals surface area contributed by atoms with E-state index in [9.17, 15) is 0 Å². The summed E-state index contributed by atoms with van der Waals surface area (Å²) < 4.78 is 0. The van der Waals surface area contributed by atoms with Gasteiger partial charge in [-0.05, 0) is 19.4 Å². The monoisotopic (exact) mass is 136 g/mol. The van der Waals surface area contributed by atoms with E-state index in [0.717, 1.165) is 5.71 Å².